The molecule has 0 aliphatic heterocycles. The Morgan fingerprint density at radius 3 is 2.60 bits per heavy atom. The van der Waals surface area contributed by atoms with Crippen LogP contribution in [0.1, 0.15) is 19.8 Å². The third kappa shape index (κ3) is 4.09. The van der Waals surface area contributed by atoms with E-state index in [2.05, 4.69) is 0 Å². The van der Waals surface area contributed by atoms with Gasteiger partial charge in [-0.25, -0.2) is 0 Å². The lowest BCUT2D eigenvalue weighted by Gasteiger charge is -1.98. The summed E-state index contributed by atoms with van der Waals surface area (Å²) in [6.45, 7) is 2.00. The van der Waals surface area contributed by atoms with E-state index >= 15 is 0 Å². The van der Waals surface area contributed by atoms with E-state index < -0.39 is 5.91 Å². The fourth-order valence-corrected chi connectivity index (χ4v) is 0.696. The monoisotopic (exact) mass is 143 g/mol. The normalized spacial score (nSPS) is 11.6. The predicted molar refractivity (Wildman–Crippen MR) is 39.3 cm³/mol. The van der Waals surface area contributed by atoms with E-state index in [1.807, 2.05) is 6.92 Å². The molecule has 58 valence electrons. The summed E-state index contributed by atoms with van der Waals surface area (Å²) in [5, 5.41) is 8.49. The van der Waals surface area contributed by atoms with E-state index in [0.717, 1.165) is 12.0 Å². The van der Waals surface area contributed by atoms with Gasteiger partial charge in [0.25, 0.3) is 0 Å². The highest BCUT2D eigenvalue weighted by Gasteiger charge is 1.94. The largest absolute Gasteiger partial charge is 0.396 e. The number of nitrogens with two attached hydrogens (primary N) is 1. The Hall–Kier alpha value is -0.830. The van der Waals surface area contributed by atoms with Crippen molar-refractivity contribution in [3.8, 4) is 0 Å². The standard InChI is InChI=1S/C7H13NO2/c1-2-6(3-4-9)5-7(8)10/h5,9H,2-4H2,1H3,(H2,8,10). The molecule has 1 amide bonds. The minimum Gasteiger partial charge on any atom is -0.396 e. The van der Waals surface area contributed by atoms with Crippen molar-refractivity contribution in [2.24, 2.45) is 5.73 Å². The molecule has 0 saturated carbocycles. The van der Waals surface area contributed by atoms with Crippen LogP contribution in [-0.2, 0) is 4.79 Å². The summed E-state index contributed by atoms with van der Waals surface area (Å²) in [5.41, 5.74) is 5.80. The Kier molecular flexibility index (Phi) is 4.58. The van der Waals surface area contributed by atoms with Gasteiger partial charge in [0, 0.05) is 12.7 Å². The number of hydrogen-bond donors (Lipinski definition) is 2. The zero-order chi connectivity index (χ0) is 7.98. The summed E-state index contributed by atoms with van der Waals surface area (Å²) in [4.78, 5) is 10.3. The Morgan fingerprint density at radius 2 is 2.30 bits per heavy atom. The number of aliphatic hydroxyl groups excluding tert-OH is 1. The Bertz CT molecular complexity index is 141. The van der Waals surface area contributed by atoms with E-state index in [1.165, 1.54) is 6.08 Å². The van der Waals surface area contributed by atoms with Crippen molar-refractivity contribution in [2.75, 3.05) is 6.61 Å². The summed E-state index contributed by atoms with van der Waals surface area (Å²) in [5.74, 6) is -0.440. The molecule has 0 atom stereocenters. The van der Waals surface area contributed by atoms with Crippen LogP contribution in [0, 0.1) is 0 Å². The van der Waals surface area contributed by atoms with Gasteiger partial charge in [-0.15, -0.1) is 0 Å². The van der Waals surface area contributed by atoms with Gasteiger partial charge in [0.1, 0.15) is 0 Å². The van der Waals surface area contributed by atoms with Crippen molar-refractivity contribution < 1.29 is 9.90 Å². The summed E-state index contributed by atoms with van der Waals surface area (Å²) in [6, 6.07) is 0. The molecule has 0 heterocycles. The van der Waals surface area contributed by atoms with Gasteiger partial charge in [-0.2, -0.15) is 0 Å². The molecular weight excluding hydrogens is 130 g/mol. The van der Waals surface area contributed by atoms with Crippen molar-refractivity contribution in [1.29, 1.82) is 0 Å². The van der Waals surface area contributed by atoms with Crippen molar-refractivity contribution >= 4 is 5.91 Å². The molecule has 0 rings (SSSR count). The molecule has 3 N–H and O–H groups in total. The van der Waals surface area contributed by atoms with E-state index in [-0.39, 0.29) is 6.61 Å². The lowest BCUT2D eigenvalue weighted by molar-refractivity contribution is -0.113. The van der Waals surface area contributed by atoms with E-state index in [9.17, 15) is 4.79 Å². The highest BCUT2D eigenvalue weighted by molar-refractivity contribution is 5.86. The molecule has 3 nitrogen and oxygen atoms in total. The SMILES string of the molecule is CCC(=CC(N)=O)CCO. The number of amides is 1. The van der Waals surface area contributed by atoms with Crippen LogP contribution in [0.25, 0.3) is 0 Å². The fraction of sp³-hybridized carbons (Fsp3) is 0.571. The summed E-state index contributed by atoms with van der Waals surface area (Å²) in [6.07, 6.45) is 2.68. The van der Waals surface area contributed by atoms with E-state index in [0.29, 0.717) is 6.42 Å². The van der Waals surface area contributed by atoms with Crippen molar-refractivity contribution in [3.05, 3.63) is 11.6 Å². The zero-order valence-corrected chi connectivity index (χ0v) is 6.13. The first-order chi connectivity index (χ1) is 4.70. The first-order valence-corrected chi connectivity index (χ1v) is 3.30. The predicted octanol–water partition coefficient (Wildman–Crippen LogP) is 0.191. The second kappa shape index (κ2) is 4.99. The molecule has 0 aliphatic carbocycles. The molecule has 0 bridgehead atoms. The van der Waals surface area contributed by atoms with Gasteiger partial charge in [-0.3, -0.25) is 4.79 Å². The average molecular weight is 143 g/mol. The van der Waals surface area contributed by atoms with Gasteiger partial charge in [0.15, 0.2) is 0 Å². The number of carbonyl (C=O) groups excluding carboxylic acids is 1. The van der Waals surface area contributed by atoms with Crippen molar-refractivity contribution in [3.63, 3.8) is 0 Å². The number of carbonyl (C=O) groups is 1. The highest BCUT2D eigenvalue weighted by Crippen LogP contribution is 2.03. The molecule has 0 aliphatic rings. The molecule has 0 aromatic heterocycles. The summed E-state index contributed by atoms with van der Waals surface area (Å²) >= 11 is 0. The topological polar surface area (TPSA) is 63.3 Å². The average Bonchev–Trinajstić information content (AvgIpc) is 1.86. The van der Waals surface area contributed by atoms with Crippen LogP contribution in [0.4, 0.5) is 0 Å². The number of hydrogen-bond acceptors (Lipinski definition) is 2. The lowest BCUT2D eigenvalue weighted by atomic mass is 10.1. The highest BCUT2D eigenvalue weighted by atomic mass is 16.3. The van der Waals surface area contributed by atoms with Gasteiger partial charge in [0.05, 0.1) is 0 Å². The zero-order valence-electron chi connectivity index (χ0n) is 6.13. The Balaban J connectivity index is 3.91. The maximum atomic E-state index is 10.3. The minimum atomic E-state index is -0.440. The molecule has 0 aromatic rings. The van der Waals surface area contributed by atoms with E-state index in [1.54, 1.807) is 0 Å². The van der Waals surface area contributed by atoms with Crippen LogP contribution in [-0.4, -0.2) is 17.6 Å². The maximum absolute atomic E-state index is 10.3. The third-order valence-corrected chi connectivity index (χ3v) is 1.23. The smallest absolute Gasteiger partial charge is 0.241 e. The second-order valence-corrected chi connectivity index (χ2v) is 2.03. The molecule has 3 heteroatoms. The Labute approximate surface area is 60.5 Å². The first kappa shape index (κ1) is 9.17. The van der Waals surface area contributed by atoms with Crippen LogP contribution in [0.5, 0.6) is 0 Å². The number of rotatable bonds is 4. The van der Waals surface area contributed by atoms with Crippen LogP contribution >= 0.6 is 0 Å². The van der Waals surface area contributed by atoms with Gasteiger partial charge in [0.2, 0.25) is 5.91 Å². The van der Waals surface area contributed by atoms with Crippen LogP contribution < -0.4 is 5.73 Å². The van der Waals surface area contributed by atoms with Crippen molar-refractivity contribution in [1.82, 2.24) is 0 Å². The third-order valence-electron chi connectivity index (χ3n) is 1.23. The second-order valence-electron chi connectivity index (χ2n) is 2.03. The molecule has 0 unspecified atom stereocenters. The number of primary amides is 1. The molecule has 0 aromatic carbocycles. The summed E-state index contributed by atoms with van der Waals surface area (Å²) < 4.78 is 0. The molecule has 0 saturated heterocycles. The quantitative estimate of drug-likeness (QED) is 0.552. The first-order valence-electron chi connectivity index (χ1n) is 3.30. The van der Waals surface area contributed by atoms with Gasteiger partial charge < -0.3 is 10.8 Å². The molecule has 0 radical (unpaired) electrons. The van der Waals surface area contributed by atoms with Gasteiger partial charge in [-0.1, -0.05) is 12.5 Å². The molecule has 0 spiro atoms. The molecular formula is C7H13NO2. The molecule has 0 fully saturated rings. The van der Waals surface area contributed by atoms with Gasteiger partial charge >= 0.3 is 0 Å². The van der Waals surface area contributed by atoms with Crippen LogP contribution in [0.3, 0.4) is 0 Å². The van der Waals surface area contributed by atoms with Crippen LogP contribution in [0.2, 0.25) is 0 Å². The fourth-order valence-electron chi connectivity index (χ4n) is 0.696. The minimum absolute atomic E-state index is 0.0763. The Morgan fingerprint density at radius 1 is 1.70 bits per heavy atom. The lowest BCUT2D eigenvalue weighted by Crippen LogP contribution is -2.07. The molecule has 10 heavy (non-hydrogen) atoms. The maximum Gasteiger partial charge on any atom is 0.241 e. The van der Waals surface area contributed by atoms with Gasteiger partial charge in [-0.05, 0) is 12.8 Å². The van der Waals surface area contributed by atoms with Crippen LogP contribution in [0.15, 0.2) is 11.6 Å². The summed E-state index contributed by atoms with van der Waals surface area (Å²) in [7, 11) is 0. The number of aliphatic hydroxyl groups is 1. The van der Waals surface area contributed by atoms with Crippen molar-refractivity contribution in [2.45, 2.75) is 19.8 Å². The van der Waals surface area contributed by atoms with E-state index in [4.69, 9.17) is 10.8 Å².